The third-order valence-corrected chi connectivity index (χ3v) is 9.21. The monoisotopic (exact) mass is 507 g/mol. The van der Waals surface area contributed by atoms with Gasteiger partial charge in [0.05, 0.1) is 4.90 Å². The van der Waals surface area contributed by atoms with Crippen LogP contribution in [0.5, 0.6) is 0 Å². The third kappa shape index (κ3) is 4.60. The average Bonchev–Trinajstić information content (AvgIpc) is 3.25. The van der Waals surface area contributed by atoms with Crippen molar-refractivity contribution in [1.82, 2.24) is 4.90 Å². The average molecular weight is 508 g/mol. The van der Waals surface area contributed by atoms with Gasteiger partial charge in [0.2, 0.25) is 0 Å². The number of aliphatic hydroxyl groups is 1. The van der Waals surface area contributed by atoms with Gasteiger partial charge in [-0.2, -0.15) is 13.2 Å². The Labute approximate surface area is 201 Å². The number of halogens is 4. The Bertz CT molecular complexity index is 1270. The molecule has 2 atom stereocenters. The highest BCUT2D eigenvalue weighted by atomic mass is 32.2. The van der Waals surface area contributed by atoms with Crippen LogP contribution in [0.4, 0.5) is 17.6 Å². The fourth-order valence-corrected chi connectivity index (χ4v) is 6.65. The smallest absolute Gasteiger partial charge is 0.376 e. The molecule has 0 amide bonds. The van der Waals surface area contributed by atoms with E-state index < -0.39 is 32.2 Å². The molecule has 0 aliphatic carbocycles. The molecule has 0 bridgehead atoms. The maximum Gasteiger partial charge on any atom is 0.421 e. The molecular formula is C26H25F4NO3S. The topological polar surface area (TPSA) is 57.6 Å². The lowest BCUT2D eigenvalue weighted by Crippen LogP contribution is -2.40. The minimum atomic E-state index is -4.90. The summed E-state index contributed by atoms with van der Waals surface area (Å²) in [6, 6.07) is 19.0. The van der Waals surface area contributed by atoms with E-state index in [0.29, 0.717) is 25.6 Å². The SMILES string of the molecule is CC(O)(c1ccc(C2(S(=O)(=O)c3ccc(F)cc3)CCN(Cc3ccccc3)C2)cc1)C(F)(F)F. The van der Waals surface area contributed by atoms with Crippen LogP contribution in [0.1, 0.15) is 30.0 Å². The van der Waals surface area contributed by atoms with Gasteiger partial charge in [-0.1, -0.05) is 54.6 Å². The Hall–Kier alpha value is -2.75. The van der Waals surface area contributed by atoms with Crippen LogP contribution in [0.2, 0.25) is 0 Å². The molecule has 0 aromatic heterocycles. The third-order valence-electron chi connectivity index (χ3n) is 6.72. The molecule has 1 heterocycles. The normalized spacial score (nSPS) is 21.1. The number of likely N-dealkylation sites (tertiary alicyclic amines) is 1. The minimum absolute atomic E-state index is 0.0631. The molecule has 1 aliphatic heterocycles. The quantitative estimate of drug-likeness (QED) is 0.370. The van der Waals surface area contributed by atoms with Crippen molar-refractivity contribution < 1.29 is 31.1 Å². The highest BCUT2D eigenvalue weighted by Gasteiger charge is 2.53. The van der Waals surface area contributed by atoms with E-state index in [-0.39, 0.29) is 23.4 Å². The molecule has 0 radical (unpaired) electrons. The number of benzene rings is 3. The molecule has 1 fully saturated rings. The largest absolute Gasteiger partial charge is 0.421 e. The molecule has 1 saturated heterocycles. The summed E-state index contributed by atoms with van der Waals surface area (Å²) in [5.41, 5.74) is -2.15. The van der Waals surface area contributed by atoms with Gasteiger partial charge >= 0.3 is 6.18 Å². The van der Waals surface area contributed by atoms with Gasteiger partial charge in [0, 0.05) is 19.6 Å². The molecule has 9 heteroatoms. The van der Waals surface area contributed by atoms with Gasteiger partial charge in [-0.15, -0.1) is 0 Å². The summed E-state index contributed by atoms with van der Waals surface area (Å²) >= 11 is 0. The minimum Gasteiger partial charge on any atom is -0.376 e. The summed E-state index contributed by atoms with van der Waals surface area (Å²) in [5, 5.41) is 10.0. The van der Waals surface area contributed by atoms with Gasteiger partial charge in [-0.3, -0.25) is 4.90 Å². The molecule has 35 heavy (non-hydrogen) atoms. The first-order valence-electron chi connectivity index (χ1n) is 11.0. The molecule has 3 aromatic carbocycles. The number of hydrogen-bond acceptors (Lipinski definition) is 4. The lowest BCUT2D eigenvalue weighted by atomic mass is 9.90. The Morgan fingerprint density at radius 3 is 2.11 bits per heavy atom. The second-order valence-corrected chi connectivity index (χ2v) is 11.3. The molecule has 0 spiro atoms. The van der Waals surface area contributed by atoms with E-state index >= 15 is 0 Å². The molecule has 4 rings (SSSR count). The van der Waals surface area contributed by atoms with Crippen molar-refractivity contribution in [2.75, 3.05) is 13.1 Å². The van der Waals surface area contributed by atoms with Gasteiger partial charge in [0.1, 0.15) is 10.6 Å². The number of alkyl halides is 3. The molecule has 4 nitrogen and oxygen atoms in total. The lowest BCUT2D eigenvalue weighted by Gasteiger charge is -2.31. The number of rotatable bonds is 6. The first kappa shape index (κ1) is 25.3. The van der Waals surface area contributed by atoms with Gasteiger partial charge in [0.25, 0.3) is 0 Å². The van der Waals surface area contributed by atoms with Crippen LogP contribution in [0.3, 0.4) is 0 Å². The number of sulfone groups is 1. The zero-order chi connectivity index (χ0) is 25.5. The van der Waals surface area contributed by atoms with Gasteiger partial charge in [0.15, 0.2) is 15.4 Å². The molecule has 2 unspecified atom stereocenters. The highest BCUT2D eigenvalue weighted by Crippen LogP contribution is 2.45. The van der Waals surface area contributed by atoms with Crippen LogP contribution in [-0.2, 0) is 26.7 Å². The second kappa shape index (κ2) is 9.04. The molecule has 1 aliphatic rings. The van der Waals surface area contributed by atoms with Crippen LogP contribution < -0.4 is 0 Å². The Balaban J connectivity index is 1.76. The Morgan fingerprint density at radius 1 is 0.943 bits per heavy atom. The maximum absolute atomic E-state index is 13.9. The zero-order valence-electron chi connectivity index (χ0n) is 19.0. The van der Waals surface area contributed by atoms with Gasteiger partial charge in [-0.05, 0) is 54.3 Å². The zero-order valence-corrected chi connectivity index (χ0v) is 19.8. The highest BCUT2D eigenvalue weighted by molar-refractivity contribution is 7.92. The second-order valence-electron chi connectivity index (χ2n) is 9.05. The Kier molecular flexibility index (Phi) is 6.54. The Morgan fingerprint density at radius 2 is 1.54 bits per heavy atom. The summed E-state index contributed by atoms with van der Waals surface area (Å²) in [7, 11) is -4.07. The van der Waals surface area contributed by atoms with Crippen molar-refractivity contribution in [3.63, 3.8) is 0 Å². The summed E-state index contributed by atoms with van der Waals surface area (Å²) in [4.78, 5) is 1.92. The van der Waals surface area contributed by atoms with E-state index in [0.717, 1.165) is 29.8 Å². The van der Waals surface area contributed by atoms with E-state index in [1.165, 1.54) is 24.3 Å². The molecular weight excluding hydrogens is 482 g/mol. The fourth-order valence-electron chi connectivity index (χ4n) is 4.55. The van der Waals surface area contributed by atoms with Crippen molar-refractivity contribution >= 4 is 9.84 Å². The van der Waals surface area contributed by atoms with E-state index in [4.69, 9.17) is 0 Å². The van der Waals surface area contributed by atoms with Crippen LogP contribution >= 0.6 is 0 Å². The molecule has 1 N–H and O–H groups in total. The number of nitrogens with zero attached hydrogens (tertiary/aromatic N) is 1. The summed E-state index contributed by atoms with van der Waals surface area (Å²) in [5.74, 6) is -0.575. The van der Waals surface area contributed by atoms with Crippen molar-refractivity contribution in [3.8, 4) is 0 Å². The van der Waals surface area contributed by atoms with Crippen LogP contribution in [-0.4, -0.2) is 37.7 Å². The first-order valence-corrected chi connectivity index (χ1v) is 12.5. The summed E-state index contributed by atoms with van der Waals surface area (Å²) < 4.78 is 79.9. The van der Waals surface area contributed by atoms with Gasteiger partial charge in [-0.25, -0.2) is 12.8 Å². The number of hydrogen-bond donors (Lipinski definition) is 1. The van der Waals surface area contributed by atoms with E-state index in [1.54, 1.807) is 0 Å². The van der Waals surface area contributed by atoms with Crippen molar-refractivity contribution in [3.05, 3.63) is 101 Å². The van der Waals surface area contributed by atoms with Crippen molar-refractivity contribution in [2.24, 2.45) is 0 Å². The molecule has 3 aromatic rings. The van der Waals surface area contributed by atoms with Gasteiger partial charge < -0.3 is 5.11 Å². The van der Waals surface area contributed by atoms with E-state index in [9.17, 15) is 31.1 Å². The van der Waals surface area contributed by atoms with Crippen LogP contribution in [0.25, 0.3) is 0 Å². The summed E-state index contributed by atoms with van der Waals surface area (Å²) in [6.45, 7) is 1.71. The van der Waals surface area contributed by atoms with Crippen LogP contribution in [0, 0.1) is 5.82 Å². The van der Waals surface area contributed by atoms with Crippen molar-refractivity contribution in [2.45, 2.75) is 41.3 Å². The maximum atomic E-state index is 13.9. The fraction of sp³-hybridized carbons (Fsp3) is 0.308. The summed E-state index contributed by atoms with van der Waals surface area (Å²) in [6.07, 6.45) is -4.69. The molecule has 186 valence electrons. The van der Waals surface area contributed by atoms with E-state index in [1.807, 2.05) is 35.2 Å². The van der Waals surface area contributed by atoms with Crippen molar-refractivity contribution in [1.29, 1.82) is 0 Å². The first-order chi connectivity index (χ1) is 16.4. The predicted octanol–water partition coefficient (Wildman–Crippen LogP) is 5.17. The van der Waals surface area contributed by atoms with E-state index in [2.05, 4.69) is 0 Å². The lowest BCUT2D eigenvalue weighted by molar-refractivity contribution is -0.258. The standard InChI is InChI=1S/C26H25F4NO3S/c1-24(32,26(28,29)30)20-7-9-21(10-8-20)25(35(33,34)23-13-11-22(27)12-14-23)15-16-31(18-25)17-19-5-3-2-4-6-19/h2-14,32H,15-18H2,1H3. The predicted molar refractivity (Wildman–Crippen MR) is 124 cm³/mol. The molecule has 0 saturated carbocycles. The van der Waals surface area contributed by atoms with Crippen LogP contribution in [0.15, 0.2) is 83.8 Å².